The van der Waals surface area contributed by atoms with Gasteiger partial charge >= 0.3 is 0 Å². The first kappa shape index (κ1) is 20.5. The molecular formula is C19H31IN4O. The van der Waals surface area contributed by atoms with E-state index >= 15 is 0 Å². The highest BCUT2D eigenvalue weighted by molar-refractivity contribution is 14.0. The molecule has 2 N–H and O–H groups in total. The van der Waals surface area contributed by atoms with Crippen LogP contribution in [0.2, 0.25) is 0 Å². The summed E-state index contributed by atoms with van der Waals surface area (Å²) in [6.07, 6.45) is 4.31. The Balaban J connectivity index is 0.00000225. The number of nitrogens with zero attached hydrogens (tertiary/aromatic N) is 2. The van der Waals surface area contributed by atoms with Crippen molar-refractivity contribution in [1.82, 2.24) is 15.5 Å². The lowest BCUT2D eigenvalue weighted by molar-refractivity contribution is 0.0992. The number of rotatable bonds is 6. The molecule has 2 heterocycles. The van der Waals surface area contributed by atoms with Crippen molar-refractivity contribution in [3.8, 4) is 0 Å². The van der Waals surface area contributed by atoms with Gasteiger partial charge in [0.05, 0.1) is 24.8 Å². The van der Waals surface area contributed by atoms with E-state index in [-0.39, 0.29) is 24.0 Å². The first-order chi connectivity index (χ1) is 11.7. The van der Waals surface area contributed by atoms with E-state index in [1.54, 1.807) is 0 Å². The normalized spacial score (nSPS) is 25.1. The van der Waals surface area contributed by atoms with Gasteiger partial charge in [-0.2, -0.15) is 0 Å². The number of fused-ring (bicyclic) bond motifs is 2. The summed E-state index contributed by atoms with van der Waals surface area (Å²) in [7, 11) is 4.20. The summed E-state index contributed by atoms with van der Waals surface area (Å²) >= 11 is 0. The number of ether oxygens (including phenoxy) is 1. The minimum absolute atomic E-state index is 0. The van der Waals surface area contributed by atoms with Gasteiger partial charge in [-0.15, -0.1) is 24.0 Å². The monoisotopic (exact) mass is 458 g/mol. The first-order valence-corrected chi connectivity index (χ1v) is 9.07. The maximum atomic E-state index is 5.94. The molecule has 2 bridgehead atoms. The molecule has 0 amide bonds. The number of nitrogens with one attached hydrogen (secondary N) is 2. The zero-order valence-electron chi connectivity index (χ0n) is 15.5. The van der Waals surface area contributed by atoms with Crippen molar-refractivity contribution in [2.24, 2.45) is 4.99 Å². The average Bonchev–Trinajstić information content (AvgIpc) is 3.16. The van der Waals surface area contributed by atoms with Crippen molar-refractivity contribution in [3.63, 3.8) is 0 Å². The molecule has 0 aromatic heterocycles. The zero-order chi connectivity index (χ0) is 16.9. The summed E-state index contributed by atoms with van der Waals surface area (Å²) in [5.74, 6) is 0.901. The summed E-state index contributed by atoms with van der Waals surface area (Å²) in [5, 5.41) is 6.95. The Morgan fingerprint density at radius 1 is 1.24 bits per heavy atom. The Hall–Kier alpha value is -0.860. The summed E-state index contributed by atoms with van der Waals surface area (Å²) in [5.41, 5.74) is 2.62. The number of aliphatic imine (C=N–C) groups is 1. The second kappa shape index (κ2) is 9.73. The van der Waals surface area contributed by atoms with Crippen LogP contribution in [0.1, 0.15) is 37.3 Å². The van der Waals surface area contributed by atoms with E-state index in [2.05, 4.69) is 60.8 Å². The van der Waals surface area contributed by atoms with Crippen LogP contribution < -0.4 is 10.6 Å². The molecule has 0 aliphatic carbocycles. The second-order valence-electron chi connectivity index (χ2n) is 7.06. The van der Waals surface area contributed by atoms with Crippen molar-refractivity contribution in [2.75, 3.05) is 20.6 Å². The third kappa shape index (κ3) is 5.56. The van der Waals surface area contributed by atoms with Gasteiger partial charge in [0.1, 0.15) is 0 Å². The standard InChI is InChI=1S/C19H30N4O.HI/c1-4-20-19(22-17-11-16-9-10-18(17)24-16)21-12-14-7-5-6-8-15(14)13-23(2)3;/h5-8,16-18H,4,9-13H2,1-3H3,(H2,20,21,22);1H. The van der Waals surface area contributed by atoms with Crippen LogP contribution in [0.4, 0.5) is 0 Å². The Kier molecular flexibility index (Phi) is 7.96. The quantitative estimate of drug-likeness (QED) is 0.391. The molecule has 1 aromatic carbocycles. The predicted molar refractivity (Wildman–Crippen MR) is 113 cm³/mol. The third-order valence-corrected chi connectivity index (χ3v) is 4.78. The van der Waals surface area contributed by atoms with Gasteiger partial charge in [-0.3, -0.25) is 0 Å². The van der Waals surface area contributed by atoms with Crippen LogP contribution in [-0.2, 0) is 17.8 Å². The fourth-order valence-corrected chi connectivity index (χ4v) is 3.66. The van der Waals surface area contributed by atoms with Crippen LogP contribution in [0.25, 0.3) is 0 Å². The topological polar surface area (TPSA) is 48.9 Å². The molecule has 0 radical (unpaired) electrons. The van der Waals surface area contributed by atoms with E-state index in [4.69, 9.17) is 9.73 Å². The number of hydrogen-bond donors (Lipinski definition) is 2. The SMILES string of the molecule is CCNC(=NCc1ccccc1CN(C)C)NC1CC2CCC1O2.I. The van der Waals surface area contributed by atoms with Crippen molar-refractivity contribution in [3.05, 3.63) is 35.4 Å². The Morgan fingerprint density at radius 2 is 2.00 bits per heavy atom. The van der Waals surface area contributed by atoms with Gasteiger partial charge < -0.3 is 20.3 Å². The molecule has 3 unspecified atom stereocenters. The molecule has 2 fully saturated rings. The van der Waals surface area contributed by atoms with E-state index in [1.807, 2.05) is 0 Å². The van der Waals surface area contributed by atoms with Crippen LogP contribution in [0, 0.1) is 0 Å². The smallest absolute Gasteiger partial charge is 0.191 e. The van der Waals surface area contributed by atoms with E-state index in [0.717, 1.165) is 25.5 Å². The molecule has 1 aromatic rings. The van der Waals surface area contributed by atoms with Gasteiger partial charge in [0.25, 0.3) is 0 Å². The van der Waals surface area contributed by atoms with Crippen molar-refractivity contribution >= 4 is 29.9 Å². The zero-order valence-corrected chi connectivity index (χ0v) is 17.8. The predicted octanol–water partition coefficient (Wildman–Crippen LogP) is 2.74. The maximum absolute atomic E-state index is 5.94. The molecule has 3 rings (SSSR count). The van der Waals surface area contributed by atoms with Gasteiger partial charge in [-0.05, 0) is 51.4 Å². The lowest BCUT2D eigenvalue weighted by Crippen LogP contribution is -2.47. The number of benzene rings is 1. The maximum Gasteiger partial charge on any atom is 0.191 e. The number of halogens is 1. The fourth-order valence-electron chi connectivity index (χ4n) is 3.66. The van der Waals surface area contributed by atoms with Crippen molar-refractivity contribution in [1.29, 1.82) is 0 Å². The van der Waals surface area contributed by atoms with Crippen LogP contribution in [-0.4, -0.2) is 49.7 Å². The summed E-state index contributed by atoms with van der Waals surface area (Å²) in [6, 6.07) is 8.95. The van der Waals surface area contributed by atoms with Gasteiger partial charge in [0.2, 0.25) is 0 Å². The number of hydrogen-bond acceptors (Lipinski definition) is 3. The Bertz CT molecular complexity index is 578. The fraction of sp³-hybridized carbons (Fsp3) is 0.632. The van der Waals surface area contributed by atoms with E-state index < -0.39 is 0 Å². The molecule has 25 heavy (non-hydrogen) atoms. The van der Waals surface area contributed by atoms with Crippen LogP contribution in [0.15, 0.2) is 29.3 Å². The third-order valence-electron chi connectivity index (χ3n) is 4.78. The summed E-state index contributed by atoms with van der Waals surface area (Å²) in [6.45, 7) is 4.61. The molecule has 2 saturated heterocycles. The minimum Gasteiger partial charge on any atom is -0.373 e. The van der Waals surface area contributed by atoms with Gasteiger partial charge in [-0.25, -0.2) is 4.99 Å². The molecule has 2 aliphatic heterocycles. The summed E-state index contributed by atoms with van der Waals surface area (Å²) in [4.78, 5) is 7.01. The van der Waals surface area contributed by atoms with Crippen molar-refractivity contribution in [2.45, 2.75) is 57.5 Å². The van der Waals surface area contributed by atoms with Crippen molar-refractivity contribution < 1.29 is 4.74 Å². The molecular weight excluding hydrogens is 427 g/mol. The lowest BCUT2D eigenvalue weighted by atomic mass is 9.96. The molecule has 140 valence electrons. The first-order valence-electron chi connectivity index (χ1n) is 9.07. The largest absolute Gasteiger partial charge is 0.373 e. The molecule has 2 aliphatic rings. The molecule has 6 heteroatoms. The second-order valence-corrected chi connectivity index (χ2v) is 7.06. The van der Waals surface area contributed by atoms with E-state index in [9.17, 15) is 0 Å². The highest BCUT2D eigenvalue weighted by Gasteiger charge is 2.41. The molecule has 5 nitrogen and oxygen atoms in total. The van der Waals surface area contributed by atoms with Gasteiger partial charge in [0, 0.05) is 13.1 Å². The highest BCUT2D eigenvalue weighted by atomic mass is 127. The highest BCUT2D eigenvalue weighted by Crippen LogP contribution is 2.34. The lowest BCUT2D eigenvalue weighted by Gasteiger charge is -2.22. The Labute approximate surface area is 168 Å². The van der Waals surface area contributed by atoms with Crippen LogP contribution in [0.5, 0.6) is 0 Å². The molecule has 3 atom stereocenters. The summed E-state index contributed by atoms with van der Waals surface area (Å²) < 4.78 is 5.94. The minimum atomic E-state index is 0. The average molecular weight is 458 g/mol. The van der Waals surface area contributed by atoms with E-state index in [1.165, 1.54) is 24.0 Å². The van der Waals surface area contributed by atoms with Crippen LogP contribution >= 0.6 is 24.0 Å². The van der Waals surface area contributed by atoms with Gasteiger partial charge in [0.15, 0.2) is 5.96 Å². The molecule has 0 spiro atoms. The van der Waals surface area contributed by atoms with E-state index in [0.29, 0.717) is 24.8 Å². The molecule has 0 saturated carbocycles. The van der Waals surface area contributed by atoms with Crippen LogP contribution in [0.3, 0.4) is 0 Å². The van der Waals surface area contributed by atoms with Gasteiger partial charge in [-0.1, -0.05) is 24.3 Å². The number of guanidine groups is 1. The Morgan fingerprint density at radius 3 is 2.60 bits per heavy atom.